The minimum absolute atomic E-state index is 0.0441. The molecule has 1 fully saturated rings. The Morgan fingerprint density at radius 1 is 1.28 bits per heavy atom. The summed E-state index contributed by atoms with van der Waals surface area (Å²) in [5.41, 5.74) is 1.05. The number of amides is 1. The molecule has 5 nitrogen and oxygen atoms in total. The van der Waals surface area contributed by atoms with E-state index in [1.54, 1.807) is 6.92 Å². The second kappa shape index (κ2) is 8.21. The zero-order valence-electron chi connectivity index (χ0n) is 15.0. The third kappa shape index (κ3) is 4.86. The van der Waals surface area contributed by atoms with Crippen molar-refractivity contribution < 1.29 is 13.9 Å². The zero-order valence-corrected chi connectivity index (χ0v) is 15.0. The highest BCUT2D eigenvalue weighted by Gasteiger charge is 2.21. The molecule has 0 saturated carbocycles. The lowest BCUT2D eigenvalue weighted by atomic mass is 10.1. The van der Waals surface area contributed by atoms with Crippen LogP contribution in [0.4, 0.5) is 0 Å². The van der Waals surface area contributed by atoms with Gasteiger partial charge in [-0.05, 0) is 62.7 Å². The molecule has 5 heteroatoms. The summed E-state index contributed by atoms with van der Waals surface area (Å²) < 4.78 is 11.5. The number of carbonyl (C=O) groups is 1. The Balaban J connectivity index is 1.60. The maximum atomic E-state index is 11.2. The molecule has 134 valence electrons. The number of hydrogen-bond acceptors (Lipinski definition) is 4. The summed E-state index contributed by atoms with van der Waals surface area (Å²) in [6.45, 7) is 6.90. The fourth-order valence-corrected chi connectivity index (χ4v) is 3.32. The quantitative estimate of drug-likeness (QED) is 0.874. The van der Waals surface area contributed by atoms with E-state index in [4.69, 9.17) is 9.15 Å². The molecule has 0 spiro atoms. The lowest BCUT2D eigenvalue weighted by Gasteiger charge is -2.32. The Kier molecular flexibility index (Phi) is 5.76. The maximum Gasteiger partial charge on any atom is 0.217 e. The molecule has 2 heterocycles. The number of nitrogens with zero attached hydrogens (tertiary/aromatic N) is 1. The third-order valence-electron chi connectivity index (χ3n) is 4.40. The van der Waals surface area contributed by atoms with Crippen LogP contribution in [-0.2, 0) is 11.3 Å². The number of ether oxygens (including phenoxy) is 1. The molecule has 1 aromatic heterocycles. The van der Waals surface area contributed by atoms with Crippen molar-refractivity contribution >= 4 is 5.91 Å². The van der Waals surface area contributed by atoms with Crippen molar-refractivity contribution in [1.29, 1.82) is 0 Å². The Hall–Kier alpha value is -2.27. The van der Waals surface area contributed by atoms with E-state index >= 15 is 0 Å². The summed E-state index contributed by atoms with van der Waals surface area (Å²) in [6.07, 6.45) is 2.14. The highest BCUT2D eigenvalue weighted by Crippen LogP contribution is 2.25. The first kappa shape index (κ1) is 17.5. The van der Waals surface area contributed by atoms with Crippen LogP contribution < -0.4 is 10.1 Å². The van der Waals surface area contributed by atoms with Gasteiger partial charge in [0, 0.05) is 25.1 Å². The number of rotatable bonds is 6. The molecule has 3 rings (SSSR count). The molecule has 1 saturated heterocycles. The Bertz CT molecular complexity index is 693. The number of likely N-dealkylation sites (tertiary alicyclic amines) is 1. The molecule has 1 unspecified atom stereocenters. The SMILES string of the molecule is CCOc1ccc(-c2ccc(CN3CCCC(NC(C)=O)C3)o2)cc1. The minimum atomic E-state index is 0.0441. The first-order valence-corrected chi connectivity index (χ1v) is 8.95. The highest BCUT2D eigenvalue weighted by atomic mass is 16.5. The molecular weight excluding hydrogens is 316 g/mol. The maximum absolute atomic E-state index is 11.2. The molecule has 1 aromatic carbocycles. The first-order chi connectivity index (χ1) is 12.1. The summed E-state index contributed by atoms with van der Waals surface area (Å²) in [4.78, 5) is 13.6. The normalized spacial score (nSPS) is 18.1. The molecule has 0 bridgehead atoms. The summed E-state index contributed by atoms with van der Waals surface area (Å²) in [5, 5.41) is 3.02. The van der Waals surface area contributed by atoms with E-state index in [0.717, 1.165) is 55.3 Å². The average Bonchev–Trinajstić information content (AvgIpc) is 3.04. The van der Waals surface area contributed by atoms with Crippen LogP contribution in [-0.4, -0.2) is 36.5 Å². The number of piperidine rings is 1. The average molecular weight is 342 g/mol. The van der Waals surface area contributed by atoms with E-state index in [2.05, 4.69) is 10.2 Å². The van der Waals surface area contributed by atoms with Crippen LogP contribution in [0.5, 0.6) is 5.75 Å². The van der Waals surface area contributed by atoms with Crippen LogP contribution >= 0.6 is 0 Å². The molecule has 0 radical (unpaired) electrons. The van der Waals surface area contributed by atoms with E-state index in [9.17, 15) is 4.79 Å². The van der Waals surface area contributed by atoms with Gasteiger partial charge < -0.3 is 14.5 Å². The predicted molar refractivity (Wildman–Crippen MR) is 97.4 cm³/mol. The van der Waals surface area contributed by atoms with Gasteiger partial charge in [-0.2, -0.15) is 0 Å². The number of benzene rings is 1. The van der Waals surface area contributed by atoms with Crippen LogP contribution in [0.15, 0.2) is 40.8 Å². The number of furan rings is 1. The number of nitrogens with one attached hydrogen (secondary N) is 1. The van der Waals surface area contributed by atoms with E-state index in [0.29, 0.717) is 6.61 Å². The van der Waals surface area contributed by atoms with E-state index in [1.165, 1.54) is 0 Å². The van der Waals surface area contributed by atoms with E-state index in [1.807, 2.05) is 43.3 Å². The monoisotopic (exact) mass is 342 g/mol. The Morgan fingerprint density at radius 2 is 2.08 bits per heavy atom. The number of hydrogen-bond donors (Lipinski definition) is 1. The van der Waals surface area contributed by atoms with Gasteiger partial charge in [0.25, 0.3) is 0 Å². The fourth-order valence-electron chi connectivity index (χ4n) is 3.32. The molecule has 2 aromatic rings. The summed E-state index contributed by atoms with van der Waals surface area (Å²) >= 11 is 0. The second-order valence-electron chi connectivity index (χ2n) is 6.50. The smallest absolute Gasteiger partial charge is 0.217 e. The van der Waals surface area contributed by atoms with Crippen LogP contribution in [0.2, 0.25) is 0 Å². The fraction of sp³-hybridized carbons (Fsp3) is 0.450. The number of carbonyl (C=O) groups excluding carboxylic acids is 1. The zero-order chi connectivity index (χ0) is 17.6. The van der Waals surface area contributed by atoms with Crippen LogP contribution in [0.3, 0.4) is 0 Å². The van der Waals surface area contributed by atoms with Gasteiger partial charge in [-0.25, -0.2) is 0 Å². The molecule has 1 atom stereocenters. The lowest BCUT2D eigenvalue weighted by molar-refractivity contribution is -0.120. The first-order valence-electron chi connectivity index (χ1n) is 8.95. The van der Waals surface area contributed by atoms with Gasteiger partial charge in [-0.15, -0.1) is 0 Å². The van der Waals surface area contributed by atoms with Crippen molar-refractivity contribution in [3.8, 4) is 17.1 Å². The standard InChI is InChI=1S/C20H26N2O3/c1-3-24-18-8-6-16(7-9-18)20-11-10-19(25-20)14-22-12-4-5-17(13-22)21-15(2)23/h6-11,17H,3-5,12-14H2,1-2H3,(H,21,23). The van der Waals surface area contributed by atoms with Gasteiger partial charge in [-0.3, -0.25) is 9.69 Å². The van der Waals surface area contributed by atoms with Crippen molar-refractivity contribution in [2.45, 2.75) is 39.3 Å². The van der Waals surface area contributed by atoms with Crippen molar-refractivity contribution in [2.24, 2.45) is 0 Å². The van der Waals surface area contributed by atoms with Crippen LogP contribution in [0.25, 0.3) is 11.3 Å². The summed E-state index contributed by atoms with van der Waals surface area (Å²) in [7, 11) is 0. The van der Waals surface area contributed by atoms with Crippen LogP contribution in [0, 0.1) is 0 Å². The molecule has 25 heavy (non-hydrogen) atoms. The minimum Gasteiger partial charge on any atom is -0.494 e. The summed E-state index contributed by atoms with van der Waals surface area (Å²) in [6, 6.07) is 12.2. The lowest BCUT2D eigenvalue weighted by Crippen LogP contribution is -2.46. The molecular formula is C20H26N2O3. The van der Waals surface area contributed by atoms with Crippen LogP contribution in [0.1, 0.15) is 32.4 Å². The van der Waals surface area contributed by atoms with E-state index < -0.39 is 0 Å². The van der Waals surface area contributed by atoms with Crippen molar-refractivity contribution in [3.63, 3.8) is 0 Å². The van der Waals surface area contributed by atoms with Crippen molar-refractivity contribution in [2.75, 3.05) is 19.7 Å². The molecule has 1 aliphatic rings. The van der Waals surface area contributed by atoms with Gasteiger partial charge >= 0.3 is 0 Å². The van der Waals surface area contributed by atoms with Gasteiger partial charge in [0.15, 0.2) is 0 Å². The van der Waals surface area contributed by atoms with E-state index in [-0.39, 0.29) is 11.9 Å². The summed E-state index contributed by atoms with van der Waals surface area (Å²) in [5.74, 6) is 2.74. The van der Waals surface area contributed by atoms with Crippen molar-refractivity contribution in [1.82, 2.24) is 10.2 Å². The molecule has 1 aliphatic heterocycles. The third-order valence-corrected chi connectivity index (χ3v) is 4.40. The molecule has 1 amide bonds. The Labute approximate surface area is 149 Å². The van der Waals surface area contributed by atoms with Crippen molar-refractivity contribution in [3.05, 3.63) is 42.2 Å². The highest BCUT2D eigenvalue weighted by molar-refractivity contribution is 5.73. The largest absolute Gasteiger partial charge is 0.494 e. The Morgan fingerprint density at radius 3 is 2.80 bits per heavy atom. The second-order valence-corrected chi connectivity index (χ2v) is 6.50. The van der Waals surface area contributed by atoms with Gasteiger partial charge in [0.2, 0.25) is 5.91 Å². The van der Waals surface area contributed by atoms with Gasteiger partial charge in [0.05, 0.1) is 13.2 Å². The van der Waals surface area contributed by atoms with Gasteiger partial charge in [-0.1, -0.05) is 0 Å². The molecule has 1 N–H and O–H groups in total. The molecule has 0 aliphatic carbocycles. The topological polar surface area (TPSA) is 54.7 Å². The predicted octanol–water partition coefficient (Wildman–Crippen LogP) is 3.45. The van der Waals surface area contributed by atoms with Gasteiger partial charge in [0.1, 0.15) is 17.3 Å².